The smallest absolute Gasteiger partial charge is 0.348 e. The van der Waals surface area contributed by atoms with Crippen molar-refractivity contribution in [2.24, 2.45) is 11.8 Å². The highest BCUT2D eigenvalue weighted by Crippen LogP contribution is 2.40. The van der Waals surface area contributed by atoms with Crippen LogP contribution < -0.4 is 5.32 Å². The zero-order valence-corrected chi connectivity index (χ0v) is 21.8. The maximum Gasteiger partial charge on any atom is 0.391 e. The summed E-state index contributed by atoms with van der Waals surface area (Å²) in [6.45, 7) is 4.52. The first-order chi connectivity index (χ1) is 17.5. The van der Waals surface area contributed by atoms with Gasteiger partial charge < -0.3 is 9.88 Å². The lowest BCUT2D eigenvalue weighted by Gasteiger charge is -2.29. The quantitative estimate of drug-likeness (QED) is 0.402. The fourth-order valence-electron chi connectivity index (χ4n) is 5.05. The Kier molecular flexibility index (Phi) is 7.96. The maximum absolute atomic E-state index is 13.0. The molecule has 2 aromatic carbocycles. The number of imidazole rings is 1. The van der Waals surface area contributed by atoms with E-state index in [9.17, 15) is 26.4 Å². The molecule has 0 atom stereocenters. The number of aromatic nitrogens is 2. The van der Waals surface area contributed by atoms with Crippen LogP contribution in [0.2, 0.25) is 0 Å². The molecule has 1 N–H and O–H groups in total. The van der Waals surface area contributed by atoms with Gasteiger partial charge in [0.2, 0.25) is 0 Å². The Balaban J connectivity index is 1.42. The van der Waals surface area contributed by atoms with Gasteiger partial charge in [-0.2, -0.15) is 13.2 Å². The molecule has 1 aliphatic rings. The van der Waals surface area contributed by atoms with Crippen LogP contribution in [0.25, 0.3) is 11.0 Å². The topological polar surface area (TPSA) is 81.1 Å². The predicted molar refractivity (Wildman–Crippen MR) is 136 cm³/mol. The minimum atomic E-state index is -4.11. The molecule has 1 fully saturated rings. The van der Waals surface area contributed by atoms with E-state index in [1.807, 2.05) is 13.0 Å². The number of halogens is 3. The number of sulfone groups is 1. The molecular formula is C27H32F3N3O3S. The van der Waals surface area contributed by atoms with Crippen LogP contribution in [0.4, 0.5) is 13.2 Å². The van der Waals surface area contributed by atoms with Crippen molar-refractivity contribution in [3.63, 3.8) is 0 Å². The number of carbonyl (C=O) groups is 1. The highest BCUT2D eigenvalue weighted by atomic mass is 32.2. The van der Waals surface area contributed by atoms with E-state index in [2.05, 4.69) is 9.88 Å². The van der Waals surface area contributed by atoms with Gasteiger partial charge >= 0.3 is 6.18 Å². The fourth-order valence-corrected chi connectivity index (χ4v) is 5.93. The molecule has 0 bridgehead atoms. The minimum absolute atomic E-state index is 0.0280. The SMILES string of the molecule is CCn1c(CC2CCC(C(F)(F)F)CC2)nc2cc(C(=O)NCc3ccc(S(=O)(=O)CC)cc3)ccc21. The third-order valence-corrected chi connectivity index (χ3v) is 9.05. The van der Waals surface area contributed by atoms with E-state index in [1.165, 1.54) is 0 Å². The van der Waals surface area contributed by atoms with Crippen LogP contribution in [0.3, 0.4) is 0 Å². The number of alkyl halides is 3. The van der Waals surface area contributed by atoms with Gasteiger partial charge in [0.05, 0.1) is 27.6 Å². The van der Waals surface area contributed by atoms with E-state index >= 15 is 0 Å². The molecule has 4 rings (SSSR count). The number of benzene rings is 2. The van der Waals surface area contributed by atoms with Crippen LogP contribution in [0.15, 0.2) is 47.4 Å². The van der Waals surface area contributed by atoms with Gasteiger partial charge in [-0.25, -0.2) is 13.4 Å². The van der Waals surface area contributed by atoms with Crippen molar-refractivity contribution in [3.05, 3.63) is 59.4 Å². The maximum atomic E-state index is 13.0. The number of fused-ring (bicyclic) bond motifs is 1. The first-order valence-electron chi connectivity index (χ1n) is 12.7. The van der Waals surface area contributed by atoms with Crippen molar-refractivity contribution < 1.29 is 26.4 Å². The summed E-state index contributed by atoms with van der Waals surface area (Å²) >= 11 is 0. The molecule has 0 radical (unpaired) electrons. The normalized spacial score (nSPS) is 18.7. The standard InChI is InChI=1S/C27H32F3N3O3S/c1-3-33-24-14-9-20(26(34)31-17-19-7-12-22(13-8-19)37(35,36)4-2)16-23(24)32-25(33)15-18-5-10-21(11-6-18)27(28,29)30/h7-9,12-14,16,18,21H,3-6,10-11,15,17H2,1-2H3,(H,31,34). The Morgan fingerprint density at radius 2 is 1.73 bits per heavy atom. The summed E-state index contributed by atoms with van der Waals surface area (Å²) in [6.07, 6.45) is -2.08. The summed E-state index contributed by atoms with van der Waals surface area (Å²) in [5.74, 6) is -0.433. The molecule has 6 nitrogen and oxygen atoms in total. The molecular weight excluding hydrogens is 503 g/mol. The number of hydrogen-bond donors (Lipinski definition) is 1. The van der Waals surface area contributed by atoms with E-state index in [-0.39, 0.29) is 41.9 Å². The van der Waals surface area contributed by atoms with Gasteiger partial charge in [-0.15, -0.1) is 0 Å². The zero-order chi connectivity index (χ0) is 26.8. The van der Waals surface area contributed by atoms with Crippen LogP contribution in [0.1, 0.15) is 61.3 Å². The number of nitrogens with one attached hydrogen (secondary N) is 1. The Bertz CT molecular complexity index is 1360. The summed E-state index contributed by atoms with van der Waals surface area (Å²) in [7, 11) is -3.27. The van der Waals surface area contributed by atoms with E-state index in [0.29, 0.717) is 36.9 Å². The second kappa shape index (κ2) is 10.8. The van der Waals surface area contributed by atoms with Crippen molar-refractivity contribution in [1.82, 2.24) is 14.9 Å². The zero-order valence-electron chi connectivity index (χ0n) is 21.0. The molecule has 0 aliphatic heterocycles. The van der Waals surface area contributed by atoms with Gasteiger partial charge in [0.25, 0.3) is 5.91 Å². The lowest BCUT2D eigenvalue weighted by molar-refractivity contribution is -0.183. The van der Waals surface area contributed by atoms with Crippen LogP contribution in [0.5, 0.6) is 0 Å². The van der Waals surface area contributed by atoms with Crippen LogP contribution in [-0.4, -0.2) is 35.8 Å². The molecule has 37 heavy (non-hydrogen) atoms. The third-order valence-electron chi connectivity index (χ3n) is 7.30. The van der Waals surface area contributed by atoms with E-state index in [4.69, 9.17) is 4.98 Å². The number of carbonyl (C=O) groups excluding carboxylic acids is 1. The van der Waals surface area contributed by atoms with Crippen molar-refractivity contribution >= 4 is 26.8 Å². The molecule has 0 unspecified atom stereocenters. The van der Waals surface area contributed by atoms with Gasteiger partial charge in [0, 0.05) is 25.1 Å². The molecule has 1 aliphatic carbocycles. The largest absolute Gasteiger partial charge is 0.391 e. The average molecular weight is 536 g/mol. The molecule has 1 amide bonds. The van der Waals surface area contributed by atoms with Gasteiger partial charge in [-0.05, 0) is 74.4 Å². The van der Waals surface area contributed by atoms with Crippen molar-refractivity contribution in [2.75, 3.05) is 5.75 Å². The Morgan fingerprint density at radius 1 is 1.05 bits per heavy atom. The van der Waals surface area contributed by atoms with Crippen LogP contribution >= 0.6 is 0 Å². The summed E-state index contributed by atoms with van der Waals surface area (Å²) in [4.78, 5) is 17.8. The molecule has 1 aromatic heterocycles. The van der Waals surface area contributed by atoms with Gasteiger partial charge in [0.1, 0.15) is 5.82 Å². The Labute approximate surface area is 215 Å². The number of rotatable bonds is 8. The van der Waals surface area contributed by atoms with Gasteiger partial charge in [0.15, 0.2) is 9.84 Å². The number of aryl methyl sites for hydroxylation is 1. The molecule has 0 saturated heterocycles. The molecule has 200 valence electrons. The lowest BCUT2D eigenvalue weighted by Crippen LogP contribution is -2.28. The second-order valence-corrected chi connectivity index (χ2v) is 11.9. The molecule has 3 aromatic rings. The summed E-state index contributed by atoms with van der Waals surface area (Å²) < 4.78 is 65.0. The third kappa shape index (κ3) is 6.17. The molecule has 0 spiro atoms. The average Bonchev–Trinajstić information content (AvgIpc) is 3.23. The van der Waals surface area contributed by atoms with E-state index in [0.717, 1.165) is 16.9 Å². The van der Waals surface area contributed by atoms with E-state index in [1.54, 1.807) is 43.3 Å². The highest BCUT2D eigenvalue weighted by Gasteiger charge is 2.41. The first-order valence-corrected chi connectivity index (χ1v) is 14.3. The monoisotopic (exact) mass is 535 g/mol. The lowest BCUT2D eigenvalue weighted by atomic mass is 9.80. The minimum Gasteiger partial charge on any atom is -0.348 e. The molecule has 1 heterocycles. The van der Waals surface area contributed by atoms with Crippen LogP contribution in [0, 0.1) is 11.8 Å². The van der Waals surface area contributed by atoms with Crippen LogP contribution in [-0.2, 0) is 29.3 Å². The predicted octanol–water partition coefficient (Wildman–Crippen LogP) is 5.69. The summed E-state index contributed by atoms with van der Waals surface area (Å²) in [6, 6.07) is 11.8. The van der Waals surface area contributed by atoms with Crippen molar-refractivity contribution in [2.45, 2.75) is 70.1 Å². The number of hydrogen-bond acceptors (Lipinski definition) is 4. The first kappa shape index (κ1) is 27.2. The number of amides is 1. The summed E-state index contributed by atoms with van der Waals surface area (Å²) in [5.41, 5.74) is 2.81. The number of nitrogens with zero attached hydrogens (tertiary/aromatic N) is 2. The van der Waals surface area contributed by atoms with Gasteiger partial charge in [-0.3, -0.25) is 4.79 Å². The second-order valence-electron chi connectivity index (χ2n) is 9.67. The Hall–Kier alpha value is -2.88. The van der Waals surface area contributed by atoms with Crippen molar-refractivity contribution in [3.8, 4) is 0 Å². The highest BCUT2D eigenvalue weighted by molar-refractivity contribution is 7.91. The Morgan fingerprint density at radius 3 is 2.32 bits per heavy atom. The van der Waals surface area contributed by atoms with Gasteiger partial charge in [-0.1, -0.05) is 19.1 Å². The fraction of sp³-hybridized carbons (Fsp3) is 0.481. The van der Waals surface area contributed by atoms with E-state index < -0.39 is 21.9 Å². The molecule has 1 saturated carbocycles. The molecule has 10 heteroatoms. The summed E-state index contributed by atoms with van der Waals surface area (Å²) in [5, 5.41) is 2.85. The van der Waals surface area contributed by atoms with Crippen molar-refractivity contribution in [1.29, 1.82) is 0 Å².